The molecule has 1 aliphatic rings. The Hall–Kier alpha value is -1.84. The van der Waals surface area contributed by atoms with Crippen molar-refractivity contribution in [1.82, 2.24) is 9.78 Å². The minimum absolute atomic E-state index is 0.197. The third-order valence-electron chi connectivity index (χ3n) is 4.49. The minimum atomic E-state index is -0.499. The van der Waals surface area contributed by atoms with Gasteiger partial charge in [0.2, 0.25) is 5.91 Å². The zero-order valence-corrected chi connectivity index (χ0v) is 15.5. The van der Waals surface area contributed by atoms with Gasteiger partial charge in [-0.25, -0.2) is 0 Å². The first-order chi connectivity index (χ1) is 11.4. The molecule has 2 atom stereocenters. The van der Waals surface area contributed by atoms with E-state index >= 15 is 0 Å². The van der Waals surface area contributed by atoms with Crippen molar-refractivity contribution in [2.24, 2.45) is 5.92 Å². The van der Waals surface area contributed by atoms with Crippen molar-refractivity contribution in [1.29, 1.82) is 5.26 Å². The predicted molar refractivity (Wildman–Crippen MR) is 95.5 cm³/mol. The van der Waals surface area contributed by atoms with Crippen molar-refractivity contribution in [3.63, 3.8) is 0 Å². The summed E-state index contributed by atoms with van der Waals surface area (Å²) in [5, 5.41) is 17.9. The maximum Gasteiger partial charge on any atom is 0.249 e. The Balaban J connectivity index is 1.83. The highest BCUT2D eigenvalue weighted by molar-refractivity contribution is 7.16. The van der Waals surface area contributed by atoms with E-state index in [4.69, 9.17) is 11.6 Å². The number of thiophene rings is 1. The van der Waals surface area contributed by atoms with E-state index in [1.54, 1.807) is 24.7 Å². The van der Waals surface area contributed by atoms with Crippen LogP contribution in [0.1, 0.15) is 48.0 Å². The topological polar surface area (TPSA) is 70.7 Å². The van der Waals surface area contributed by atoms with E-state index in [-0.39, 0.29) is 5.91 Å². The fraction of sp³-hybridized carbons (Fsp3) is 0.471. The lowest BCUT2D eigenvalue weighted by Gasteiger charge is -2.17. The molecule has 7 heteroatoms. The molecule has 0 spiro atoms. The van der Waals surface area contributed by atoms with Crippen molar-refractivity contribution < 1.29 is 4.79 Å². The number of nitriles is 1. The second-order valence-electron chi connectivity index (χ2n) is 6.38. The number of nitrogens with zero attached hydrogens (tertiary/aromatic N) is 3. The maximum absolute atomic E-state index is 12.6. The Kier molecular flexibility index (Phi) is 4.66. The average molecular weight is 363 g/mol. The maximum atomic E-state index is 12.6. The zero-order valence-electron chi connectivity index (χ0n) is 13.9. The van der Waals surface area contributed by atoms with Crippen molar-refractivity contribution in [2.45, 2.75) is 46.1 Å². The van der Waals surface area contributed by atoms with E-state index in [9.17, 15) is 10.1 Å². The van der Waals surface area contributed by atoms with Crippen LogP contribution in [0.2, 0.25) is 5.02 Å². The molecule has 0 bridgehead atoms. The largest absolute Gasteiger partial charge is 0.315 e. The summed E-state index contributed by atoms with van der Waals surface area (Å²) in [7, 11) is 0. The van der Waals surface area contributed by atoms with Gasteiger partial charge in [-0.1, -0.05) is 18.5 Å². The Bertz CT molecular complexity index is 813. The van der Waals surface area contributed by atoms with Crippen LogP contribution in [0.15, 0.2) is 6.20 Å². The van der Waals surface area contributed by atoms with Crippen LogP contribution in [0.25, 0.3) is 0 Å². The number of halogens is 1. The summed E-state index contributed by atoms with van der Waals surface area (Å²) in [4.78, 5) is 13.8. The number of anilines is 1. The monoisotopic (exact) mass is 362 g/mol. The molecule has 126 valence electrons. The fourth-order valence-corrected chi connectivity index (χ4v) is 4.45. The van der Waals surface area contributed by atoms with E-state index in [2.05, 4.69) is 23.4 Å². The molecule has 5 nitrogen and oxygen atoms in total. The smallest absolute Gasteiger partial charge is 0.249 e. The normalized spacial score (nSPS) is 17.9. The first-order valence-corrected chi connectivity index (χ1v) is 9.17. The molecule has 24 heavy (non-hydrogen) atoms. The first kappa shape index (κ1) is 17.0. The molecule has 0 aliphatic heterocycles. The van der Waals surface area contributed by atoms with Gasteiger partial charge in [0.05, 0.1) is 16.3 Å². The molecule has 2 aromatic heterocycles. The second-order valence-corrected chi connectivity index (χ2v) is 7.89. The summed E-state index contributed by atoms with van der Waals surface area (Å²) in [5.41, 5.74) is 2.42. The van der Waals surface area contributed by atoms with Crippen LogP contribution in [0, 0.1) is 24.2 Å². The summed E-state index contributed by atoms with van der Waals surface area (Å²) < 4.78 is 1.55. The van der Waals surface area contributed by atoms with Gasteiger partial charge in [-0.3, -0.25) is 9.48 Å². The molecule has 0 unspecified atom stereocenters. The van der Waals surface area contributed by atoms with E-state index < -0.39 is 6.04 Å². The molecule has 0 fully saturated rings. The third kappa shape index (κ3) is 3.06. The van der Waals surface area contributed by atoms with Gasteiger partial charge in [0.1, 0.15) is 17.1 Å². The van der Waals surface area contributed by atoms with E-state index in [1.807, 2.05) is 0 Å². The summed E-state index contributed by atoms with van der Waals surface area (Å²) in [5.74, 6) is 0.427. The minimum Gasteiger partial charge on any atom is -0.315 e. The van der Waals surface area contributed by atoms with E-state index in [1.165, 1.54) is 16.2 Å². The van der Waals surface area contributed by atoms with Gasteiger partial charge in [0.25, 0.3) is 0 Å². The quantitative estimate of drug-likeness (QED) is 0.893. The lowest BCUT2D eigenvalue weighted by Crippen LogP contribution is -2.24. The Morgan fingerprint density at radius 3 is 3.00 bits per heavy atom. The highest BCUT2D eigenvalue weighted by Crippen LogP contribution is 2.39. The molecule has 1 amide bonds. The van der Waals surface area contributed by atoms with Crippen LogP contribution in [0.3, 0.4) is 0 Å². The summed E-state index contributed by atoms with van der Waals surface area (Å²) in [6, 6.07) is 1.77. The molecule has 0 aromatic carbocycles. The van der Waals surface area contributed by atoms with Crippen LogP contribution in [-0.4, -0.2) is 15.7 Å². The standard InChI is InChI=1S/C17H19ClN4OS/c1-9-4-5-12-13(7-19)17(24-15(12)6-9)20-16(23)11(3)22-8-14(18)10(2)21-22/h8-9,11H,4-6H2,1-3H3,(H,20,23)/t9-,11-/m0/s1. The molecule has 0 saturated carbocycles. The number of amides is 1. The molecular formula is C17H19ClN4OS. The predicted octanol–water partition coefficient (Wildman–Crippen LogP) is 4.10. The number of carbonyl (C=O) groups is 1. The van der Waals surface area contributed by atoms with Gasteiger partial charge in [-0.15, -0.1) is 11.3 Å². The molecule has 2 aromatic rings. The van der Waals surface area contributed by atoms with Crippen LogP contribution in [0.5, 0.6) is 0 Å². The molecule has 3 rings (SSSR count). The van der Waals surface area contributed by atoms with Crippen molar-refractivity contribution in [3.05, 3.63) is 32.9 Å². The van der Waals surface area contributed by atoms with E-state index in [0.29, 0.717) is 27.2 Å². The van der Waals surface area contributed by atoms with Gasteiger partial charge >= 0.3 is 0 Å². The number of aryl methyl sites for hydroxylation is 1. The van der Waals surface area contributed by atoms with E-state index in [0.717, 1.165) is 24.8 Å². The number of hydrogen-bond acceptors (Lipinski definition) is 4. The second kappa shape index (κ2) is 6.58. The van der Waals surface area contributed by atoms with Crippen molar-refractivity contribution in [3.8, 4) is 6.07 Å². The number of fused-ring (bicyclic) bond motifs is 1. The van der Waals surface area contributed by atoms with Gasteiger partial charge < -0.3 is 5.32 Å². The summed E-state index contributed by atoms with van der Waals surface area (Å²) >= 11 is 7.54. The molecule has 2 heterocycles. The fourth-order valence-electron chi connectivity index (χ4n) is 2.95. The molecule has 1 aliphatic carbocycles. The van der Waals surface area contributed by atoms with Gasteiger partial charge in [0.15, 0.2) is 0 Å². The number of hydrogen-bond donors (Lipinski definition) is 1. The molecule has 1 N–H and O–H groups in total. The molecule has 0 saturated heterocycles. The highest BCUT2D eigenvalue weighted by atomic mass is 35.5. The van der Waals surface area contributed by atoms with Gasteiger partial charge in [0, 0.05) is 11.1 Å². The highest BCUT2D eigenvalue weighted by Gasteiger charge is 2.26. The van der Waals surface area contributed by atoms with Crippen LogP contribution >= 0.6 is 22.9 Å². The third-order valence-corrected chi connectivity index (χ3v) is 6.03. The summed E-state index contributed by atoms with van der Waals surface area (Å²) in [6.07, 6.45) is 4.63. The van der Waals surface area contributed by atoms with Gasteiger partial charge in [-0.05, 0) is 44.6 Å². The number of carbonyl (C=O) groups excluding carboxylic acids is 1. The van der Waals surface area contributed by atoms with Crippen LogP contribution < -0.4 is 5.32 Å². The number of aromatic nitrogens is 2. The Morgan fingerprint density at radius 2 is 2.38 bits per heavy atom. The Labute approximate surface area is 150 Å². The number of nitrogens with one attached hydrogen (secondary N) is 1. The van der Waals surface area contributed by atoms with Crippen molar-refractivity contribution in [2.75, 3.05) is 5.32 Å². The Morgan fingerprint density at radius 1 is 1.62 bits per heavy atom. The molecular weight excluding hydrogens is 344 g/mol. The zero-order chi connectivity index (χ0) is 17.4. The van der Waals surface area contributed by atoms with Crippen molar-refractivity contribution >= 4 is 33.8 Å². The van der Waals surface area contributed by atoms with Crippen LogP contribution in [-0.2, 0) is 17.6 Å². The number of rotatable bonds is 3. The lowest BCUT2D eigenvalue weighted by atomic mass is 9.88. The lowest BCUT2D eigenvalue weighted by molar-refractivity contribution is -0.119. The molecule has 0 radical (unpaired) electrons. The SMILES string of the molecule is Cc1nn([C@@H](C)C(=O)Nc2sc3c(c2C#N)CC[C@H](C)C3)cc1Cl. The van der Waals surface area contributed by atoms with Gasteiger partial charge in [-0.2, -0.15) is 10.4 Å². The average Bonchev–Trinajstić information content (AvgIpc) is 3.05. The van der Waals surface area contributed by atoms with Crippen LogP contribution in [0.4, 0.5) is 5.00 Å². The first-order valence-electron chi connectivity index (χ1n) is 7.97. The summed E-state index contributed by atoms with van der Waals surface area (Å²) in [6.45, 7) is 5.78.